The summed E-state index contributed by atoms with van der Waals surface area (Å²) >= 11 is 1.69. The molecule has 3 heteroatoms. The summed E-state index contributed by atoms with van der Waals surface area (Å²) in [5.41, 5.74) is 3.12. The zero-order valence-electron chi connectivity index (χ0n) is 11.0. The number of nitrogens with one attached hydrogen (secondary N) is 1. The van der Waals surface area contributed by atoms with Gasteiger partial charge in [0.1, 0.15) is 0 Å². The van der Waals surface area contributed by atoms with Crippen molar-refractivity contribution in [3.8, 4) is 0 Å². The number of hydrogen-bond donors (Lipinski definition) is 1. The number of thiazole rings is 1. The molecule has 1 N–H and O–H groups in total. The van der Waals surface area contributed by atoms with Crippen LogP contribution in [0.5, 0.6) is 0 Å². The minimum Gasteiger partial charge on any atom is -0.306 e. The molecular formula is C14H24N2S. The van der Waals surface area contributed by atoms with Gasteiger partial charge in [0.05, 0.1) is 11.2 Å². The molecule has 2 rings (SSSR count). The van der Waals surface area contributed by atoms with Crippen molar-refractivity contribution in [1.82, 2.24) is 10.3 Å². The molecule has 1 fully saturated rings. The summed E-state index contributed by atoms with van der Waals surface area (Å²) in [5, 5.41) is 5.94. The van der Waals surface area contributed by atoms with E-state index in [1.165, 1.54) is 44.2 Å². The first kappa shape index (κ1) is 13.0. The molecule has 96 valence electrons. The molecule has 0 radical (unpaired) electrons. The lowest BCUT2D eigenvalue weighted by atomic mass is 9.82. The van der Waals surface area contributed by atoms with Gasteiger partial charge < -0.3 is 5.32 Å². The molecule has 1 saturated carbocycles. The van der Waals surface area contributed by atoms with E-state index in [1.807, 2.05) is 5.51 Å². The van der Waals surface area contributed by atoms with Crippen molar-refractivity contribution in [2.75, 3.05) is 0 Å². The Bertz CT molecular complexity index is 304. The molecule has 0 aliphatic heterocycles. The van der Waals surface area contributed by atoms with Gasteiger partial charge in [-0.05, 0) is 32.1 Å². The Morgan fingerprint density at radius 1 is 1.41 bits per heavy atom. The number of aromatic nitrogens is 1. The van der Waals surface area contributed by atoms with Crippen molar-refractivity contribution >= 4 is 11.3 Å². The van der Waals surface area contributed by atoms with Crippen LogP contribution in [0.25, 0.3) is 0 Å². The molecule has 1 aliphatic carbocycles. The Kier molecular flexibility index (Phi) is 4.99. The fourth-order valence-corrected chi connectivity index (χ4v) is 3.61. The summed E-state index contributed by atoms with van der Waals surface area (Å²) in [6.45, 7) is 4.54. The Morgan fingerprint density at radius 3 is 2.76 bits per heavy atom. The second-order valence-corrected chi connectivity index (χ2v) is 5.93. The number of nitrogens with zero attached hydrogens (tertiary/aromatic N) is 1. The van der Waals surface area contributed by atoms with Crippen LogP contribution in [0.2, 0.25) is 0 Å². The highest BCUT2D eigenvalue weighted by atomic mass is 32.1. The van der Waals surface area contributed by atoms with E-state index in [2.05, 4.69) is 29.5 Å². The van der Waals surface area contributed by atoms with Crippen LogP contribution in [0.1, 0.15) is 64.1 Å². The van der Waals surface area contributed by atoms with Gasteiger partial charge in [0.25, 0.3) is 0 Å². The lowest BCUT2D eigenvalue weighted by Gasteiger charge is -2.32. The molecule has 0 aromatic carbocycles. The van der Waals surface area contributed by atoms with Crippen LogP contribution in [0, 0.1) is 5.92 Å². The maximum absolute atomic E-state index is 4.40. The molecule has 2 unspecified atom stereocenters. The maximum atomic E-state index is 4.40. The molecule has 2 atom stereocenters. The summed E-state index contributed by atoms with van der Waals surface area (Å²) in [6, 6.07) is 1.07. The normalized spacial score (nSPS) is 21.3. The first-order valence-corrected chi connectivity index (χ1v) is 7.89. The lowest BCUT2D eigenvalue weighted by Crippen LogP contribution is -2.38. The largest absolute Gasteiger partial charge is 0.306 e. The standard InChI is InChI=1S/C14H24N2S/c1-3-13(12-7-5-4-6-8-12)16-11(2)14-9-17-10-15-14/h9-13,16H,3-8H2,1-2H3. The molecule has 1 heterocycles. The van der Waals surface area contributed by atoms with Crippen molar-refractivity contribution in [3.63, 3.8) is 0 Å². The number of rotatable bonds is 5. The van der Waals surface area contributed by atoms with E-state index in [9.17, 15) is 0 Å². The molecule has 1 aliphatic rings. The van der Waals surface area contributed by atoms with Crippen LogP contribution in [0.15, 0.2) is 10.9 Å². The van der Waals surface area contributed by atoms with Gasteiger partial charge in [0.15, 0.2) is 0 Å². The van der Waals surface area contributed by atoms with E-state index >= 15 is 0 Å². The van der Waals surface area contributed by atoms with Crippen molar-refractivity contribution in [2.45, 2.75) is 64.5 Å². The van der Waals surface area contributed by atoms with Crippen LogP contribution in [-0.2, 0) is 0 Å². The Hall–Kier alpha value is -0.410. The molecule has 0 saturated heterocycles. The SMILES string of the molecule is CCC(NC(C)c1cscn1)C1CCCCC1. The van der Waals surface area contributed by atoms with E-state index in [-0.39, 0.29) is 0 Å². The molecule has 0 spiro atoms. The first-order valence-electron chi connectivity index (χ1n) is 6.95. The van der Waals surface area contributed by atoms with Gasteiger partial charge in [0, 0.05) is 17.5 Å². The molecule has 1 aromatic rings. The lowest BCUT2D eigenvalue weighted by molar-refractivity contribution is 0.248. The van der Waals surface area contributed by atoms with Gasteiger partial charge >= 0.3 is 0 Å². The molecular weight excluding hydrogens is 228 g/mol. The van der Waals surface area contributed by atoms with Crippen LogP contribution >= 0.6 is 11.3 Å². The van der Waals surface area contributed by atoms with Crippen molar-refractivity contribution in [2.24, 2.45) is 5.92 Å². The van der Waals surface area contributed by atoms with E-state index in [1.54, 1.807) is 11.3 Å². The Labute approximate surface area is 109 Å². The first-order chi connectivity index (χ1) is 8.31. The van der Waals surface area contributed by atoms with E-state index in [0.717, 1.165) is 5.92 Å². The third kappa shape index (κ3) is 3.52. The monoisotopic (exact) mass is 252 g/mol. The molecule has 17 heavy (non-hydrogen) atoms. The molecule has 0 bridgehead atoms. The van der Waals surface area contributed by atoms with Gasteiger partial charge in [-0.3, -0.25) is 0 Å². The second kappa shape index (κ2) is 6.50. The predicted octanol–water partition coefficient (Wildman–Crippen LogP) is 4.15. The zero-order valence-corrected chi connectivity index (χ0v) is 11.8. The highest BCUT2D eigenvalue weighted by Gasteiger charge is 2.23. The Balaban J connectivity index is 1.90. The summed E-state index contributed by atoms with van der Waals surface area (Å²) in [7, 11) is 0. The third-order valence-electron chi connectivity index (χ3n) is 4.02. The van der Waals surface area contributed by atoms with E-state index in [4.69, 9.17) is 0 Å². The average Bonchev–Trinajstić information content (AvgIpc) is 2.90. The summed E-state index contributed by atoms with van der Waals surface area (Å²) in [5.74, 6) is 0.884. The quantitative estimate of drug-likeness (QED) is 0.851. The predicted molar refractivity (Wildman–Crippen MR) is 74.3 cm³/mol. The summed E-state index contributed by atoms with van der Waals surface area (Å²) in [4.78, 5) is 4.40. The van der Waals surface area contributed by atoms with Crippen molar-refractivity contribution < 1.29 is 0 Å². The highest BCUT2D eigenvalue weighted by Crippen LogP contribution is 2.29. The fourth-order valence-electron chi connectivity index (χ4n) is 2.97. The van der Waals surface area contributed by atoms with Crippen molar-refractivity contribution in [1.29, 1.82) is 0 Å². The molecule has 1 aromatic heterocycles. The van der Waals surface area contributed by atoms with E-state index < -0.39 is 0 Å². The maximum Gasteiger partial charge on any atom is 0.0795 e. The summed E-state index contributed by atoms with van der Waals surface area (Å²) < 4.78 is 0. The topological polar surface area (TPSA) is 24.9 Å². The van der Waals surface area contributed by atoms with Gasteiger partial charge in [-0.15, -0.1) is 11.3 Å². The minimum absolute atomic E-state index is 0.396. The van der Waals surface area contributed by atoms with Crippen molar-refractivity contribution in [3.05, 3.63) is 16.6 Å². The van der Waals surface area contributed by atoms with Crippen LogP contribution in [0.4, 0.5) is 0 Å². The van der Waals surface area contributed by atoms with Crippen LogP contribution < -0.4 is 5.32 Å². The third-order valence-corrected chi connectivity index (χ3v) is 4.62. The van der Waals surface area contributed by atoms with Gasteiger partial charge in [-0.25, -0.2) is 4.98 Å². The smallest absolute Gasteiger partial charge is 0.0795 e. The van der Waals surface area contributed by atoms with Gasteiger partial charge in [0.2, 0.25) is 0 Å². The number of hydrogen-bond acceptors (Lipinski definition) is 3. The van der Waals surface area contributed by atoms with Gasteiger partial charge in [-0.1, -0.05) is 26.2 Å². The molecule has 0 amide bonds. The van der Waals surface area contributed by atoms with E-state index in [0.29, 0.717) is 12.1 Å². The molecule has 2 nitrogen and oxygen atoms in total. The van der Waals surface area contributed by atoms with Crippen LogP contribution in [0.3, 0.4) is 0 Å². The summed E-state index contributed by atoms with van der Waals surface area (Å²) in [6.07, 6.45) is 8.35. The zero-order chi connectivity index (χ0) is 12.1. The van der Waals surface area contributed by atoms with Gasteiger partial charge in [-0.2, -0.15) is 0 Å². The second-order valence-electron chi connectivity index (χ2n) is 5.21. The Morgan fingerprint density at radius 2 is 2.18 bits per heavy atom. The average molecular weight is 252 g/mol. The van der Waals surface area contributed by atoms with Crippen LogP contribution in [-0.4, -0.2) is 11.0 Å². The minimum atomic E-state index is 0.396. The highest BCUT2D eigenvalue weighted by molar-refractivity contribution is 7.07. The fraction of sp³-hybridized carbons (Fsp3) is 0.786.